The summed E-state index contributed by atoms with van der Waals surface area (Å²) in [7, 11) is 0. The highest BCUT2D eigenvalue weighted by Crippen LogP contribution is 2.28. The fourth-order valence-corrected chi connectivity index (χ4v) is 5.40. The van der Waals surface area contributed by atoms with Gasteiger partial charge in [-0.2, -0.15) is 0 Å². The van der Waals surface area contributed by atoms with E-state index in [1.165, 1.54) is 6.08 Å². The topological polar surface area (TPSA) is 152 Å². The van der Waals surface area contributed by atoms with Gasteiger partial charge in [-0.15, -0.1) is 0 Å². The molecule has 3 N–H and O–H groups in total. The summed E-state index contributed by atoms with van der Waals surface area (Å²) in [6.07, 6.45) is 12.0. The molecule has 2 aliphatic rings. The van der Waals surface area contributed by atoms with Crippen LogP contribution in [0, 0.1) is 11.8 Å². The second-order valence-corrected chi connectivity index (χ2v) is 11.8. The number of rotatable bonds is 9. The summed E-state index contributed by atoms with van der Waals surface area (Å²) in [5.41, 5.74) is 4.94. The molecule has 0 radical (unpaired) electrons. The van der Waals surface area contributed by atoms with Gasteiger partial charge in [0.2, 0.25) is 17.7 Å². The number of aromatic hydroxyl groups is 2. The number of carbonyl (C=O) groups is 1. The minimum Gasteiger partial charge on any atom is -0.508 e. The first kappa shape index (κ1) is 33.0. The first-order valence-electron chi connectivity index (χ1n) is 15.6. The highest BCUT2D eigenvalue weighted by atomic mass is 16.5. The van der Waals surface area contributed by atoms with Gasteiger partial charge < -0.3 is 29.9 Å². The van der Waals surface area contributed by atoms with E-state index in [0.717, 1.165) is 46.6 Å². The standard InChI is InChI=1S/C19H18N4O3.C16H16N4O2.CH4/c1-2-18(25)22-8-13(9-22)11-26-19-17-7-20-12-23(17)10-16(21-19)14-3-5-15(24)6-4-14;21-13-3-1-12(2-4-13)14-8-20-10-18-7-15(20)16(19-14)22-9-11-5-17-6-11;/h2-7,10,12-13,24H,1,8-9,11H2;1-4,7-8,10-11,17,21H,5-6,9H2;1H4. The zero-order valence-corrected chi connectivity index (χ0v) is 26.0. The molecule has 0 spiro atoms. The molecule has 2 saturated heterocycles. The smallest absolute Gasteiger partial charge is 0.245 e. The number of likely N-dealkylation sites (tertiary alicyclic amines) is 1. The third kappa shape index (κ3) is 7.31. The van der Waals surface area contributed by atoms with E-state index in [2.05, 4.69) is 31.8 Å². The Morgan fingerprint density at radius 1 is 0.796 bits per heavy atom. The van der Waals surface area contributed by atoms with Gasteiger partial charge in [-0.05, 0) is 54.6 Å². The van der Waals surface area contributed by atoms with Crippen LogP contribution in [0.1, 0.15) is 7.43 Å². The summed E-state index contributed by atoms with van der Waals surface area (Å²) in [5, 5.41) is 22.1. The molecule has 49 heavy (non-hydrogen) atoms. The molecule has 6 heterocycles. The van der Waals surface area contributed by atoms with Crippen LogP contribution in [0.5, 0.6) is 23.3 Å². The maximum Gasteiger partial charge on any atom is 0.245 e. The quantitative estimate of drug-likeness (QED) is 0.189. The first-order chi connectivity index (χ1) is 23.4. The zero-order valence-electron chi connectivity index (χ0n) is 26.0. The largest absolute Gasteiger partial charge is 0.508 e. The van der Waals surface area contributed by atoms with Gasteiger partial charge in [0.25, 0.3) is 0 Å². The van der Waals surface area contributed by atoms with E-state index in [4.69, 9.17) is 9.47 Å². The molecule has 2 aromatic carbocycles. The van der Waals surface area contributed by atoms with Crippen molar-refractivity contribution in [3.63, 3.8) is 0 Å². The number of amides is 1. The molecule has 2 fully saturated rings. The molecule has 0 bridgehead atoms. The van der Waals surface area contributed by atoms with E-state index in [1.807, 2.05) is 33.3 Å². The molecule has 0 aliphatic carbocycles. The number of benzene rings is 2. The third-order valence-corrected chi connectivity index (χ3v) is 8.28. The molecule has 252 valence electrons. The summed E-state index contributed by atoms with van der Waals surface area (Å²) in [6, 6.07) is 13.8. The van der Waals surface area contributed by atoms with Crippen molar-refractivity contribution in [2.75, 3.05) is 39.4 Å². The number of fused-ring (bicyclic) bond motifs is 2. The van der Waals surface area contributed by atoms with Crippen molar-refractivity contribution in [2.24, 2.45) is 11.8 Å². The summed E-state index contributed by atoms with van der Waals surface area (Å²) < 4.78 is 15.6. The predicted molar refractivity (Wildman–Crippen MR) is 185 cm³/mol. The number of imidazole rings is 2. The molecular weight excluding hydrogens is 624 g/mol. The molecular formula is C36H38N8O5. The van der Waals surface area contributed by atoms with Gasteiger partial charge in [0, 0.05) is 61.5 Å². The van der Waals surface area contributed by atoms with Gasteiger partial charge in [0.1, 0.15) is 22.5 Å². The van der Waals surface area contributed by atoms with E-state index < -0.39 is 0 Å². The number of ether oxygens (including phenoxy) is 2. The number of aromatic nitrogens is 6. The number of nitrogens with one attached hydrogen (secondary N) is 1. The van der Waals surface area contributed by atoms with Crippen molar-refractivity contribution in [2.45, 2.75) is 7.43 Å². The van der Waals surface area contributed by atoms with Gasteiger partial charge in [-0.1, -0.05) is 14.0 Å². The second-order valence-electron chi connectivity index (χ2n) is 11.8. The lowest BCUT2D eigenvalue weighted by atomic mass is 10.0. The van der Waals surface area contributed by atoms with E-state index in [0.29, 0.717) is 44.0 Å². The Morgan fingerprint density at radius 3 is 1.69 bits per heavy atom. The van der Waals surface area contributed by atoms with Crippen molar-refractivity contribution in [1.29, 1.82) is 0 Å². The minimum absolute atomic E-state index is 0. The van der Waals surface area contributed by atoms with Crippen LogP contribution >= 0.6 is 0 Å². The highest BCUT2D eigenvalue weighted by molar-refractivity contribution is 5.87. The van der Waals surface area contributed by atoms with Crippen LogP contribution < -0.4 is 14.8 Å². The van der Waals surface area contributed by atoms with Crippen molar-refractivity contribution >= 4 is 16.9 Å². The van der Waals surface area contributed by atoms with Crippen molar-refractivity contribution in [3.05, 3.63) is 98.6 Å². The summed E-state index contributed by atoms with van der Waals surface area (Å²) in [5.74, 6) is 2.31. The van der Waals surface area contributed by atoms with E-state index >= 15 is 0 Å². The third-order valence-electron chi connectivity index (χ3n) is 8.28. The number of hydrogen-bond donors (Lipinski definition) is 3. The van der Waals surface area contributed by atoms with Gasteiger partial charge in [0.15, 0.2) is 0 Å². The van der Waals surface area contributed by atoms with Crippen LogP contribution in [0.2, 0.25) is 0 Å². The summed E-state index contributed by atoms with van der Waals surface area (Å²) in [6.45, 7) is 7.95. The summed E-state index contributed by atoms with van der Waals surface area (Å²) in [4.78, 5) is 30.8. The van der Waals surface area contributed by atoms with Crippen molar-refractivity contribution in [3.8, 4) is 45.8 Å². The van der Waals surface area contributed by atoms with Crippen LogP contribution in [-0.4, -0.2) is 89.2 Å². The lowest BCUT2D eigenvalue weighted by molar-refractivity contribution is -0.132. The van der Waals surface area contributed by atoms with Gasteiger partial charge in [-0.25, -0.2) is 19.9 Å². The average molecular weight is 663 g/mol. The second kappa shape index (κ2) is 14.4. The normalized spacial score (nSPS) is 14.2. The molecule has 0 unspecified atom stereocenters. The fraction of sp³-hybridized carbons (Fsp3) is 0.250. The molecule has 0 atom stereocenters. The highest BCUT2D eigenvalue weighted by Gasteiger charge is 2.30. The average Bonchev–Trinajstić information content (AvgIpc) is 3.74. The lowest BCUT2D eigenvalue weighted by Gasteiger charge is -2.38. The minimum atomic E-state index is -0.0492. The molecule has 4 aromatic heterocycles. The van der Waals surface area contributed by atoms with Crippen LogP contribution in [0.25, 0.3) is 33.5 Å². The molecule has 13 heteroatoms. The molecule has 2 aliphatic heterocycles. The maximum absolute atomic E-state index is 11.5. The van der Waals surface area contributed by atoms with Gasteiger partial charge >= 0.3 is 0 Å². The SMILES string of the molecule is C.C=CC(=O)N1CC(COc2nc(-c3ccc(O)cc3)cn3cncc23)C1.Oc1ccc(-c2cn3cncc3c(OCC3CNC3)n2)cc1. The number of phenolic OH excluding ortho intramolecular Hbond substituents is 2. The van der Waals surface area contributed by atoms with Gasteiger partial charge in [-0.3, -0.25) is 13.6 Å². The molecule has 0 saturated carbocycles. The van der Waals surface area contributed by atoms with Crippen LogP contribution in [0.3, 0.4) is 0 Å². The van der Waals surface area contributed by atoms with Crippen LogP contribution in [-0.2, 0) is 4.79 Å². The van der Waals surface area contributed by atoms with Crippen LogP contribution in [0.4, 0.5) is 0 Å². The van der Waals surface area contributed by atoms with E-state index in [9.17, 15) is 15.0 Å². The molecule has 8 rings (SSSR count). The fourth-order valence-electron chi connectivity index (χ4n) is 5.40. The summed E-state index contributed by atoms with van der Waals surface area (Å²) >= 11 is 0. The Morgan fingerprint density at radius 2 is 1.27 bits per heavy atom. The number of phenols is 2. The van der Waals surface area contributed by atoms with Crippen molar-refractivity contribution < 1.29 is 24.5 Å². The predicted octanol–water partition coefficient (Wildman–Crippen LogP) is 4.46. The molecule has 1 amide bonds. The Kier molecular flexibility index (Phi) is 9.72. The Labute approximate surface area is 283 Å². The number of carbonyl (C=O) groups excluding carboxylic acids is 1. The van der Waals surface area contributed by atoms with Crippen molar-refractivity contribution in [1.82, 2.24) is 39.0 Å². The number of nitrogens with zero attached hydrogens (tertiary/aromatic N) is 7. The van der Waals surface area contributed by atoms with Crippen LogP contribution in [0.15, 0.2) is 98.6 Å². The Bertz CT molecular complexity index is 2050. The van der Waals surface area contributed by atoms with E-state index in [1.54, 1.807) is 66.3 Å². The maximum atomic E-state index is 11.5. The lowest BCUT2D eigenvalue weighted by Crippen LogP contribution is -2.51. The first-order valence-corrected chi connectivity index (χ1v) is 15.6. The Hall–Kier alpha value is -5.95. The molecule has 13 nitrogen and oxygen atoms in total. The van der Waals surface area contributed by atoms with E-state index in [-0.39, 0.29) is 30.8 Å². The monoisotopic (exact) mass is 662 g/mol. The molecule has 6 aromatic rings. The Balaban J connectivity index is 0.000000169. The number of hydrogen-bond acceptors (Lipinski definition) is 10. The zero-order chi connectivity index (χ0) is 33.0. The van der Waals surface area contributed by atoms with Gasteiger partial charge in [0.05, 0.1) is 49.6 Å².